The Labute approximate surface area is 188 Å². The van der Waals surface area contributed by atoms with E-state index in [1.807, 2.05) is 0 Å². The van der Waals surface area contributed by atoms with Crippen LogP contribution in [0, 0.1) is 6.92 Å². The molecule has 0 fully saturated rings. The number of amides is 2. The van der Waals surface area contributed by atoms with Crippen LogP contribution in [-0.2, 0) is 6.42 Å². The molecule has 2 N–H and O–H groups in total. The fourth-order valence-corrected chi connectivity index (χ4v) is 3.91. The molecule has 1 aliphatic carbocycles. The van der Waals surface area contributed by atoms with Gasteiger partial charge in [0.15, 0.2) is 5.76 Å². The van der Waals surface area contributed by atoms with Crippen LogP contribution in [0.5, 0.6) is 0 Å². The van der Waals surface area contributed by atoms with Gasteiger partial charge in [-0.3, -0.25) is 14.6 Å². The van der Waals surface area contributed by atoms with Gasteiger partial charge < -0.3 is 9.73 Å². The number of fused-ring (bicyclic) bond motifs is 1. The topological polar surface area (TPSA) is 96.6 Å². The molecule has 7 nitrogen and oxygen atoms in total. The van der Waals surface area contributed by atoms with Crippen molar-refractivity contribution in [3.05, 3.63) is 81.0 Å². The molecule has 1 aromatic carbocycles. The zero-order valence-corrected chi connectivity index (χ0v) is 18.0. The second-order valence-corrected chi connectivity index (χ2v) is 7.87. The third-order valence-electron chi connectivity index (χ3n) is 4.95. The summed E-state index contributed by atoms with van der Waals surface area (Å²) in [5, 5.41) is 7.87. The predicted molar refractivity (Wildman–Crippen MR) is 119 cm³/mol. The van der Waals surface area contributed by atoms with Gasteiger partial charge in [0.05, 0.1) is 16.4 Å². The highest BCUT2D eigenvalue weighted by atomic mass is 35.5. The maximum absolute atomic E-state index is 12.8. The van der Waals surface area contributed by atoms with Crippen molar-refractivity contribution in [2.75, 3.05) is 5.32 Å². The fourth-order valence-electron chi connectivity index (χ4n) is 3.45. The van der Waals surface area contributed by atoms with Gasteiger partial charge in [0, 0.05) is 40.5 Å². The number of pyridine rings is 1. The molecule has 1 aliphatic rings. The number of hydrogen-bond donors (Lipinski definition) is 2. The Bertz CT molecular complexity index is 1190. The highest BCUT2D eigenvalue weighted by molar-refractivity contribution is 6.36. The number of hydrogen-bond acceptors (Lipinski definition) is 5. The van der Waals surface area contributed by atoms with E-state index in [-0.39, 0.29) is 11.7 Å². The van der Waals surface area contributed by atoms with Crippen molar-refractivity contribution < 1.29 is 14.0 Å². The van der Waals surface area contributed by atoms with Gasteiger partial charge in [-0.05, 0) is 50.1 Å². The van der Waals surface area contributed by atoms with Gasteiger partial charge in [0.2, 0.25) is 0 Å². The molecule has 2 amide bonds. The number of carbonyl (C=O) groups is 2. The van der Waals surface area contributed by atoms with Crippen molar-refractivity contribution in [3.8, 4) is 0 Å². The summed E-state index contributed by atoms with van der Waals surface area (Å²) in [7, 11) is 0. The summed E-state index contributed by atoms with van der Waals surface area (Å²) in [5.74, 6) is 0.105. The first-order valence-corrected chi connectivity index (χ1v) is 10.4. The second kappa shape index (κ2) is 8.91. The molecule has 31 heavy (non-hydrogen) atoms. The number of hydrazone groups is 1. The van der Waals surface area contributed by atoms with Crippen LogP contribution in [0.3, 0.4) is 0 Å². The number of furan rings is 1. The monoisotopic (exact) mass is 456 g/mol. The van der Waals surface area contributed by atoms with Crippen LogP contribution in [0.15, 0.2) is 52.2 Å². The fraction of sp³-hybridized carbons (Fsp3) is 0.182. The molecule has 158 valence electrons. The molecule has 0 unspecified atom stereocenters. The molecule has 9 heteroatoms. The molecular formula is C22H18Cl2N4O3. The Hall–Kier alpha value is -3.16. The minimum atomic E-state index is -0.420. The summed E-state index contributed by atoms with van der Waals surface area (Å²) in [6, 6.07) is 8.03. The minimum Gasteiger partial charge on any atom is -0.455 e. The lowest BCUT2D eigenvalue weighted by Gasteiger charge is -2.13. The lowest BCUT2D eigenvalue weighted by molar-refractivity contribution is 0.0953. The maximum Gasteiger partial charge on any atom is 0.291 e. The first-order valence-electron chi connectivity index (χ1n) is 9.60. The van der Waals surface area contributed by atoms with Crippen molar-refractivity contribution in [2.24, 2.45) is 5.10 Å². The molecule has 0 bridgehead atoms. The molecule has 0 aliphatic heterocycles. The van der Waals surface area contributed by atoms with Crippen LogP contribution in [-0.4, -0.2) is 22.5 Å². The number of aryl methyl sites for hydroxylation is 1. The van der Waals surface area contributed by atoms with Crippen LogP contribution in [0.25, 0.3) is 0 Å². The number of carbonyl (C=O) groups excluding carboxylic acids is 2. The molecule has 0 radical (unpaired) electrons. The van der Waals surface area contributed by atoms with Crippen LogP contribution in [0.1, 0.15) is 50.6 Å². The molecule has 2 heterocycles. The lowest BCUT2D eigenvalue weighted by atomic mass is 9.93. The number of anilines is 1. The number of benzene rings is 1. The Morgan fingerprint density at radius 2 is 1.87 bits per heavy atom. The number of aromatic nitrogens is 1. The number of rotatable bonds is 4. The van der Waals surface area contributed by atoms with Crippen LogP contribution < -0.4 is 10.7 Å². The zero-order chi connectivity index (χ0) is 22.0. The summed E-state index contributed by atoms with van der Waals surface area (Å²) in [6.45, 7) is 1.80. The quantitative estimate of drug-likeness (QED) is 0.538. The van der Waals surface area contributed by atoms with E-state index in [4.69, 9.17) is 27.6 Å². The van der Waals surface area contributed by atoms with Crippen molar-refractivity contribution >= 4 is 46.4 Å². The first kappa shape index (κ1) is 21.1. The van der Waals surface area contributed by atoms with Gasteiger partial charge in [-0.15, -0.1) is 0 Å². The van der Waals surface area contributed by atoms with Gasteiger partial charge in [-0.2, -0.15) is 5.10 Å². The van der Waals surface area contributed by atoms with Crippen LogP contribution in [0.2, 0.25) is 10.0 Å². The Kier molecular flexibility index (Phi) is 6.06. The van der Waals surface area contributed by atoms with Gasteiger partial charge in [0.25, 0.3) is 11.8 Å². The van der Waals surface area contributed by atoms with Crippen LogP contribution >= 0.6 is 23.2 Å². The van der Waals surface area contributed by atoms with Gasteiger partial charge in [-0.1, -0.05) is 23.2 Å². The minimum absolute atomic E-state index is 0.186. The number of nitrogens with zero attached hydrogens (tertiary/aromatic N) is 2. The van der Waals surface area contributed by atoms with Gasteiger partial charge >= 0.3 is 0 Å². The number of nitrogens with one attached hydrogen (secondary N) is 2. The van der Waals surface area contributed by atoms with E-state index >= 15 is 0 Å². The van der Waals surface area contributed by atoms with E-state index in [0.29, 0.717) is 51.2 Å². The molecule has 2 aromatic heterocycles. The smallest absolute Gasteiger partial charge is 0.291 e. The Balaban J connectivity index is 1.58. The molecule has 0 saturated carbocycles. The second-order valence-electron chi connectivity index (χ2n) is 7.02. The molecular weight excluding hydrogens is 439 g/mol. The molecule has 3 aromatic rings. The van der Waals surface area contributed by atoms with Crippen molar-refractivity contribution in [1.29, 1.82) is 0 Å². The summed E-state index contributed by atoms with van der Waals surface area (Å²) in [5.41, 5.74) is 5.56. The third-order valence-corrected chi connectivity index (χ3v) is 5.49. The maximum atomic E-state index is 12.8. The van der Waals surface area contributed by atoms with Gasteiger partial charge in [-0.25, -0.2) is 5.43 Å². The lowest BCUT2D eigenvalue weighted by Crippen LogP contribution is -2.22. The summed E-state index contributed by atoms with van der Waals surface area (Å²) >= 11 is 12.1. The SMILES string of the molecule is Cc1c(C(=O)Nc2ccc(Cl)cc2Cl)oc2c1/C(=N/NC(=O)c1ccncc1)CCC2. The van der Waals surface area contributed by atoms with E-state index in [2.05, 4.69) is 20.8 Å². The predicted octanol–water partition coefficient (Wildman–Crippen LogP) is 5.01. The molecule has 0 saturated heterocycles. The molecule has 0 spiro atoms. The largest absolute Gasteiger partial charge is 0.455 e. The van der Waals surface area contributed by atoms with Gasteiger partial charge in [0.1, 0.15) is 5.76 Å². The Morgan fingerprint density at radius 1 is 1.10 bits per heavy atom. The van der Waals surface area contributed by atoms with E-state index < -0.39 is 5.91 Å². The third kappa shape index (κ3) is 4.47. The van der Waals surface area contributed by atoms with Crippen molar-refractivity contribution in [3.63, 3.8) is 0 Å². The standard InChI is InChI=1S/C22H18Cl2N4O3/c1-12-19-17(27-28-21(29)13-7-9-25-10-8-13)3-2-4-18(19)31-20(12)22(30)26-16-6-5-14(23)11-15(16)24/h5-11H,2-4H2,1H3,(H,26,30)(H,28,29)/b27-17+. The van der Waals surface area contributed by atoms with E-state index in [0.717, 1.165) is 12.0 Å². The van der Waals surface area contributed by atoms with E-state index in [1.165, 1.54) is 0 Å². The average molecular weight is 457 g/mol. The molecule has 0 atom stereocenters. The normalized spacial score (nSPS) is 14.2. The van der Waals surface area contributed by atoms with Crippen LogP contribution in [0.4, 0.5) is 5.69 Å². The highest BCUT2D eigenvalue weighted by Crippen LogP contribution is 2.31. The summed E-state index contributed by atoms with van der Waals surface area (Å²) in [4.78, 5) is 29.0. The highest BCUT2D eigenvalue weighted by Gasteiger charge is 2.28. The summed E-state index contributed by atoms with van der Waals surface area (Å²) in [6.07, 6.45) is 5.22. The number of halogens is 2. The van der Waals surface area contributed by atoms with Crippen molar-refractivity contribution in [2.45, 2.75) is 26.2 Å². The first-order chi connectivity index (χ1) is 14.9. The molecule has 4 rings (SSSR count). The average Bonchev–Trinajstić information content (AvgIpc) is 3.12. The van der Waals surface area contributed by atoms with Crippen molar-refractivity contribution in [1.82, 2.24) is 10.4 Å². The summed E-state index contributed by atoms with van der Waals surface area (Å²) < 4.78 is 5.87. The van der Waals surface area contributed by atoms with E-state index in [1.54, 1.807) is 49.6 Å². The zero-order valence-electron chi connectivity index (χ0n) is 16.5. The Morgan fingerprint density at radius 3 is 2.61 bits per heavy atom. The van der Waals surface area contributed by atoms with E-state index in [9.17, 15) is 9.59 Å².